The first-order valence-electron chi connectivity index (χ1n) is 5.35. The molecule has 0 aromatic heterocycles. The van der Waals surface area contributed by atoms with E-state index in [-0.39, 0.29) is 17.6 Å². The van der Waals surface area contributed by atoms with E-state index in [0.29, 0.717) is 0 Å². The number of rotatable bonds is 0. The maximum Gasteiger partial charge on any atom is 0.410 e. The number of fused-ring (bicyclic) bond motifs is 1. The Hall–Kier alpha value is -1.17. The van der Waals surface area contributed by atoms with Crippen LogP contribution in [-0.4, -0.2) is 29.2 Å². The van der Waals surface area contributed by atoms with Gasteiger partial charge in [0.15, 0.2) is 0 Å². The van der Waals surface area contributed by atoms with Crippen molar-refractivity contribution in [2.75, 3.05) is 6.54 Å². The lowest BCUT2D eigenvalue weighted by Gasteiger charge is -2.25. The summed E-state index contributed by atoms with van der Waals surface area (Å²) in [6.45, 7) is 6.37. The van der Waals surface area contributed by atoms with Crippen molar-refractivity contribution in [1.82, 2.24) is 4.90 Å². The Bertz CT molecular complexity index is 337. The van der Waals surface area contributed by atoms with E-state index in [1.54, 1.807) is 4.90 Å². The van der Waals surface area contributed by atoms with Crippen LogP contribution in [0.3, 0.4) is 0 Å². The van der Waals surface area contributed by atoms with Crippen LogP contribution in [0.1, 0.15) is 33.6 Å². The number of amides is 1. The van der Waals surface area contributed by atoms with Crippen molar-refractivity contribution in [1.29, 1.82) is 0 Å². The van der Waals surface area contributed by atoms with Crippen molar-refractivity contribution >= 4 is 6.09 Å². The third-order valence-corrected chi connectivity index (χ3v) is 3.13. The molecular weight excluding hydrogens is 190 g/mol. The molecule has 1 heterocycles. The van der Waals surface area contributed by atoms with Crippen molar-refractivity contribution in [2.45, 2.75) is 45.3 Å². The zero-order chi connectivity index (χ0) is 11.3. The summed E-state index contributed by atoms with van der Waals surface area (Å²) in [7, 11) is 0. The number of piperidine rings is 1. The number of ether oxygens (including phenoxy) is 1. The van der Waals surface area contributed by atoms with Gasteiger partial charge in [-0.2, -0.15) is 0 Å². The van der Waals surface area contributed by atoms with Gasteiger partial charge < -0.3 is 9.64 Å². The second kappa shape index (κ2) is 2.91. The molecule has 0 spiro atoms. The molecule has 1 saturated heterocycles. The smallest absolute Gasteiger partial charge is 0.410 e. The van der Waals surface area contributed by atoms with Crippen molar-refractivity contribution < 1.29 is 9.53 Å². The van der Waals surface area contributed by atoms with E-state index in [0.717, 1.165) is 19.4 Å². The van der Waals surface area contributed by atoms with Crippen LogP contribution < -0.4 is 0 Å². The molecule has 0 N–H and O–H groups in total. The molecule has 0 aromatic rings. The maximum atomic E-state index is 11.8. The molecule has 1 aliphatic heterocycles. The molecule has 2 atom stereocenters. The van der Waals surface area contributed by atoms with Crippen LogP contribution in [-0.2, 0) is 4.74 Å². The average molecular weight is 207 g/mol. The number of carbonyl (C=O) groups is 1. The van der Waals surface area contributed by atoms with Gasteiger partial charge in [0.2, 0.25) is 0 Å². The van der Waals surface area contributed by atoms with E-state index in [9.17, 15) is 4.79 Å². The quantitative estimate of drug-likeness (QED) is 0.569. The Labute approximate surface area is 90.8 Å². The fourth-order valence-electron chi connectivity index (χ4n) is 2.21. The number of nitrogens with zero attached hydrogens (tertiary/aromatic N) is 1. The van der Waals surface area contributed by atoms with Gasteiger partial charge in [0, 0.05) is 6.54 Å². The Kier molecular flexibility index (Phi) is 2.01. The fraction of sp³-hybridized carbons (Fsp3) is 0.750. The standard InChI is InChI=1S/C12H17NO2/c1-5-12-6-7-13(9(12)8-12)10(14)15-11(2,3)4/h1,9H,6-8H2,2-4H3. The Morgan fingerprint density at radius 1 is 1.60 bits per heavy atom. The first-order valence-corrected chi connectivity index (χ1v) is 5.35. The molecule has 82 valence electrons. The third kappa shape index (κ3) is 1.69. The zero-order valence-corrected chi connectivity index (χ0v) is 9.54. The highest BCUT2D eigenvalue weighted by molar-refractivity contribution is 5.70. The van der Waals surface area contributed by atoms with Crippen LogP contribution >= 0.6 is 0 Å². The monoisotopic (exact) mass is 207 g/mol. The fourth-order valence-corrected chi connectivity index (χ4v) is 2.21. The van der Waals surface area contributed by atoms with Gasteiger partial charge in [-0.3, -0.25) is 0 Å². The molecule has 3 nitrogen and oxygen atoms in total. The lowest BCUT2D eigenvalue weighted by Crippen LogP contribution is -2.36. The summed E-state index contributed by atoms with van der Waals surface area (Å²) in [6, 6.07) is 0.234. The number of terminal acetylenes is 1. The Morgan fingerprint density at radius 3 is 2.67 bits per heavy atom. The number of carbonyl (C=O) groups excluding carboxylic acids is 1. The highest BCUT2D eigenvalue weighted by Gasteiger charge is 2.62. The summed E-state index contributed by atoms with van der Waals surface area (Å²) in [5.74, 6) is 2.81. The Morgan fingerprint density at radius 2 is 2.27 bits per heavy atom. The van der Waals surface area contributed by atoms with E-state index in [1.165, 1.54) is 0 Å². The van der Waals surface area contributed by atoms with Gasteiger partial charge in [-0.1, -0.05) is 5.92 Å². The summed E-state index contributed by atoms with van der Waals surface area (Å²) in [6.07, 6.45) is 7.12. The highest BCUT2D eigenvalue weighted by atomic mass is 16.6. The third-order valence-electron chi connectivity index (χ3n) is 3.13. The predicted molar refractivity (Wildman–Crippen MR) is 57.2 cm³/mol. The first kappa shape index (κ1) is 10.4. The molecule has 1 amide bonds. The molecular formula is C12H17NO2. The summed E-state index contributed by atoms with van der Waals surface area (Å²) < 4.78 is 5.33. The number of hydrogen-bond acceptors (Lipinski definition) is 2. The molecule has 2 fully saturated rings. The van der Waals surface area contributed by atoms with Gasteiger partial charge in [-0.15, -0.1) is 6.42 Å². The van der Waals surface area contributed by atoms with Crippen LogP contribution in [0.25, 0.3) is 0 Å². The minimum atomic E-state index is -0.423. The Balaban J connectivity index is 1.98. The van der Waals surface area contributed by atoms with Gasteiger partial charge in [0.05, 0.1) is 11.5 Å². The van der Waals surface area contributed by atoms with E-state index in [2.05, 4.69) is 5.92 Å². The van der Waals surface area contributed by atoms with Gasteiger partial charge in [0.1, 0.15) is 5.60 Å². The second-order valence-electron chi connectivity index (χ2n) is 5.44. The van der Waals surface area contributed by atoms with Gasteiger partial charge in [-0.25, -0.2) is 4.79 Å². The first-order chi connectivity index (χ1) is 6.88. The lowest BCUT2D eigenvalue weighted by molar-refractivity contribution is 0.0263. The highest BCUT2D eigenvalue weighted by Crippen LogP contribution is 2.56. The molecule has 2 rings (SSSR count). The average Bonchev–Trinajstić information content (AvgIpc) is 2.70. The molecule has 3 heteroatoms. The molecule has 1 saturated carbocycles. The van der Waals surface area contributed by atoms with E-state index >= 15 is 0 Å². The van der Waals surface area contributed by atoms with Crippen LogP contribution in [0.2, 0.25) is 0 Å². The summed E-state index contributed by atoms with van der Waals surface area (Å²) in [5, 5.41) is 0. The van der Waals surface area contributed by atoms with E-state index in [1.807, 2.05) is 20.8 Å². The maximum absolute atomic E-state index is 11.8. The van der Waals surface area contributed by atoms with Gasteiger partial charge in [-0.05, 0) is 33.6 Å². The normalized spacial score (nSPS) is 33.2. The SMILES string of the molecule is C#CC12CCN(C(=O)OC(C)(C)C)C1C2. The summed E-state index contributed by atoms with van der Waals surface area (Å²) in [4.78, 5) is 13.6. The molecule has 2 aliphatic rings. The van der Waals surface area contributed by atoms with Gasteiger partial charge >= 0.3 is 6.09 Å². The van der Waals surface area contributed by atoms with Gasteiger partial charge in [0.25, 0.3) is 0 Å². The summed E-state index contributed by atoms with van der Waals surface area (Å²) >= 11 is 0. The minimum absolute atomic E-state index is 0.0170. The molecule has 0 radical (unpaired) electrons. The topological polar surface area (TPSA) is 29.5 Å². The van der Waals surface area contributed by atoms with Crippen LogP contribution in [0.15, 0.2) is 0 Å². The molecule has 15 heavy (non-hydrogen) atoms. The summed E-state index contributed by atoms with van der Waals surface area (Å²) in [5.41, 5.74) is -0.440. The van der Waals surface area contributed by atoms with Crippen molar-refractivity contribution in [2.24, 2.45) is 5.41 Å². The minimum Gasteiger partial charge on any atom is -0.444 e. The lowest BCUT2D eigenvalue weighted by atomic mass is 10.1. The molecule has 0 aromatic carbocycles. The van der Waals surface area contributed by atoms with Crippen LogP contribution in [0.4, 0.5) is 4.79 Å². The zero-order valence-electron chi connectivity index (χ0n) is 9.54. The van der Waals surface area contributed by atoms with Crippen molar-refractivity contribution in [3.63, 3.8) is 0 Å². The molecule has 1 aliphatic carbocycles. The molecule has 0 bridgehead atoms. The number of likely N-dealkylation sites (tertiary alicyclic amines) is 1. The molecule has 2 unspecified atom stereocenters. The predicted octanol–water partition coefficient (Wildman–Crippen LogP) is 2.02. The number of hydrogen-bond donors (Lipinski definition) is 0. The van der Waals surface area contributed by atoms with Crippen LogP contribution in [0.5, 0.6) is 0 Å². The van der Waals surface area contributed by atoms with Crippen molar-refractivity contribution in [3.8, 4) is 12.3 Å². The van der Waals surface area contributed by atoms with Crippen molar-refractivity contribution in [3.05, 3.63) is 0 Å². The second-order valence-corrected chi connectivity index (χ2v) is 5.44. The largest absolute Gasteiger partial charge is 0.444 e. The van der Waals surface area contributed by atoms with E-state index < -0.39 is 5.60 Å². The van der Waals surface area contributed by atoms with E-state index in [4.69, 9.17) is 11.2 Å². The van der Waals surface area contributed by atoms with Crippen LogP contribution in [0, 0.1) is 17.8 Å².